The molecule has 0 heterocycles. The Morgan fingerprint density at radius 3 is 2.38 bits per heavy atom. The summed E-state index contributed by atoms with van der Waals surface area (Å²) in [5.74, 6) is -0.511. The molecule has 2 amide bonds. The fourth-order valence-electron chi connectivity index (χ4n) is 2.46. The van der Waals surface area contributed by atoms with Gasteiger partial charge in [-0.15, -0.1) is 0 Å². The zero-order valence-electron chi connectivity index (χ0n) is 15.0. The van der Waals surface area contributed by atoms with Gasteiger partial charge in [0.1, 0.15) is 11.9 Å². The van der Waals surface area contributed by atoms with Crippen LogP contribution >= 0.6 is 0 Å². The highest BCUT2D eigenvalue weighted by atomic mass is 19.1. The molecule has 24 heavy (non-hydrogen) atoms. The highest BCUT2D eigenvalue weighted by Gasteiger charge is 2.25. The molecule has 134 valence electrons. The van der Waals surface area contributed by atoms with E-state index in [4.69, 9.17) is 0 Å². The molecule has 0 saturated heterocycles. The van der Waals surface area contributed by atoms with Crippen molar-refractivity contribution < 1.29 is 14.0 Å². The molecule has 0 saturated carbocycles. The van der Waals surface area contributed by atoms with E-state index in [2.05, 4.69) is 12.2 Å². The molecule has 1 N–H and O–H groups in total. The number of nitrogens with zero attached hydrogens (tertiary/aromatic N) is 1. The largest absolute Gasteiger partial charge is 0.354 e. The number of unbranched alkanes of at least 4 members (excludes halogenated alkanes) is 2. The van der Waals surface area contributed by atoms with Gasteiger partial charge in [0.25, 0.3) is 0 Å². The van der Waals surface area contributed by atoms with E-state index in [1.807, 2.05) is 6.92 Å². The molecular formula is C19H29FN2O2. The molecule has 0 aliphatic rings. The zero-order valence-corrected chi connectivity index (χ0v) is 15.0. The molecule has 0 aliphatic carbocycles. The maximum Gasteiger partial charge on any atom is 0.242 e. The molecule has 1 atom stereocenters. The Bertz CT molecular complexity index is 517. The number of nitrogens with one attached hydrogen (secondary N) is 1. The molecule has 1 rings (SSSR count). The zero-order chi connectivity index (χ0) is 17.9. The van der Waals surface area contributed by atoms with Gasteiger partial charge in [0.15, 0.2) is 0 Å². The molecule has 0 spiro atoms. The van der Waals surface area contributed by atoms with E-state index < -0.39 is 6.04 Å². The first-order valence-corrected chi connectivity index (χ1v) is 8.81. The van der Waals surface area contributed by atoms with Gasteiger partial charge < -0.3 is 10.2 Å². The summed E-state index contributed by atoms with van der Waals surface area (Å²) in [6.45, 7) is 6.72. The fourth-order valence-corrected chi connectivity index (χ4v) is 2.46. The number of hydrogen-bond donors (Lipinski definition) is 1. The molecule has 0 aliphatic heterocycles. The van der Waals surface area contributed by atoms with Crippen LogP contribution in [-0.2, 0) is 16.1 Å². The lowest BCUT2D eigenvalue weighted by Crippen LogP contribution is -2.47. The van der Waals surface area contributed by atoms with Gasteiger partial charge in [-0.3, -0.25) is 9.59 Å². The van der Waals surface area contributed by atoms with Gasteiger partial charge in [-0.2, -0.15) is 0 Å². The second kappa shape index (κ2) is 10.8. The minimum Gasteiger partial charge on any atom is -0.354 e. The van der Waals surface area contributed by atoms with Crippen LogP contribution in [0.25, 0.3) is 0 Å². The van der Waals surface area contributed by atoms with E-state index in [1.54, 1.807) is 24.0 Å². The Kier molecular flexibility index (Phi) is 9.05. The lowest BCUT2D eigenvalue weighted by molar-refractivity contribution is -0.140. The second-order valence-corrected chi connectivity index (χ2v) is 6.07. The van der Waals surface area contributed by atoms with Gasteiger partial charge in [-0.05, 0) is 37.5 Å². The van der Waals surface area contributed by atoms with Crippen molar-refractivity contribution in [2.24, 2.45) is 0 Å². The standard InChI is InChI=1S/C19H29FN2O2/c1-4-6-7-13-21-19(24)15(3)22(18(23)8-5-2)14-16-9-11-17(20)12-10-16/h9-12,15H,4-8,13-14H2,1-3H3,(H,21,24)/t15-/m1/s1. The monoisotopic (exact) mass is 336 g/mol. The third-order valence-corrected chi connectivity index (χ3v) is 3.98. The second-order valence-electron chi connectivity index (χ2n) is 6.07. The maximum absolute atomic E-state index is 13.0. The topological polar surface area (TPSA) is 49.4 Å². The molecule has 0 fully saturated rings. The minimum absolute atomic E-state index is 0.0574. The molecule has 0 radical (unpaired) electrons. The first-order chi connectivity index (χ1) is 11.5. The summed E-state index contributed by atoms with van der Waals surface area (Å²) in [6.07, 6.45) is 4.23. The number of benzene rings is 1. The van der Waals surface area contributed by atoms with Crippen molar-refractivity contribution in [2.45, 2.75) is 65.5 Å². The van der Waals surface area contributed by atoms with Crippen LogP contribution in [0.15, 0.2) is 24.3 Å². The summed E-state index contributed by atoms with van der Waals surface area (Å²) in [6, 6.07) is 5.48. The summed E-state index contributed by atoms with van der Waals surface area (Å²) in [4.78, 5) is 26.3. The first kappa shape index (κ1) is 20.1. The van der Waals surface area contributed by atoms with Crippen LogP contribution < -0.4 is 5.32 Å². The first-order valence-electron chi connectivity index (χ1n) is 8.81. The van der Waals surface area contributed by atoms with Gasteiger partial charge in [-0.25, -0.2) is 4.39 Å². The molecule has 4 nitrogen and oxygen atoms in total. The van der Waals surface area contributed by atoms with Crippen LogP contribution in [0, 0.1) is 5.82 Å². The van der Waals surface area contributed by atoms with Gasteiger partial charge >= 0.3 is 0 Å². The number of carbonyl (C=O) groups excluding carboxylic acids is 2. The van der Waals surface area contributed by atoms with Crippen molar-refractivity contribution in [2.75, 3.05) is 6.54 Å². The maximum atomic E-state index is 13.0. The normalized spacial score (nSPS) is 11.8. The van der Waals surface area contributed by atoms with Crippen molar-refractivity contribution in [3.05, 3.63) is 35.6 Å². The van der Waals surface area contributed by atoms with Crippen molar-refractivity contribution >= 4 is 11.8 Å². The molecule has 5 heteroatoms. The summed E-state index contributed by atoms with van der Waals surface area (Å²) < 4.78 is 13.0. The summed E-state index contributed by atoms with van der Waals surface area (Å²) in [5, 5.41) is 2.90. The Labute approximate surface area is 144 Å². The average molecular weight is 336 g/mol. The predicted octanol–water partition coefficient (Wildman–Crippen LogP) is 3.65. The average Bonchev–Trinajstić information content (AvgIpc) is 2.57. The Hall–Kier alpha value is -1.91. The summed E-state index contributed by atoms with van der Waals surface area (Å²) >= 11 is 0. The summed E-state index contributed by atoms with van der Waals surface area (Å²) in [5.41, 5.74) is 0.812. The van der Waals surface area contributed by atoms with Crippen LogP contribution in [-0.4, -0.2) is 29.3 Å². The third-order valence-electron chi connectivity index (χ3n) is 3.98. The molecule has 0 unspecified atom stereocenters. The number of carbonyl (C=O) groups is 2. The summed E-state index contributed by atoms with van der Waals surface area (Å²) in [7, 11) is 0. The third kappa shape index (κ3) is 6.69. The smallest absolute Gasteiger partial charge is 0.242 e. The Balaban J connectivity index is 2.74. The van der Waals surface area contributed by atoms with E-state index in [0.29, 0.717) is 19.5 Å². The van der Waals surface area contributed by atoms with Crippen LogP contribution in [0.3, 0.4) is 0 Å². The molecule has 0 aromatic heterocycles. The SMILES string of the molecule is CCCCCNC(=O)[C@@H](C)N(Cc1ccc(F)cc1)C(=O)CCC. The van der Waals surface area contributed by atoms with E-state index in [1.165, 1.54) is 12.1 Å². The van der Waals surface area contributed by atoms with Gasteiger partial charge in [0, 0.05) is 19.5 Å². The lowest BCUT2D eigenvalue weighted by Gasteiger charge is -2.28. The number of amides is 2. The molecule has 1 aromatic rings. The molecule has 1 aromatic carbocycles. The van der Waals surface area contributed by atoms with Crippen molar-refractivity contribution in [1.29, 1.82) is 0 Å². The van der Waals surface area contributed by atoms with E-state index >= 15 is 0 Å². The van der Waals surface area contributed by atoms with E-state index in [-0.39, 0.29) is 17.6 Å². The van der Waals surface area contributed by atoms with E-state index in [0.717, 1.165) is 31.2 Å². The van der Waals surface area contributed by atoms with Crippen molar-refractivity contribution in [3.63, 3.8) is 0 Å². The lowest BCUT2D eigenvalue weighted by atomic mass is 10.1. The quantitative estimate of drug-likeness (QED) is 0.663. The van der Waals surface area contributed by atoms with Crippen molar-refractivity contribution in [3.8, 4) is 0 Å². The van der Waals surface area contributed by atoms with E-state index in [9.17, 15) is 14.0 Å². The van der Waals surface area contributed by atoms with Crippen molar-refractivity contribution in [1.82, 2.24) is 10.2 Å². The fraction of sp³-hybridized carbons (Fsp3) is 0.579. The number of halogens is 1. The Morgan fingerprint density at radius 1 is 1.12 bits per heavy atom. The minimum atomic E-state index is -0.546. The number of rotatable bonds is 10. The molecular weight excluding hydrogens is 307 g/mol. The highest BCUT2D eigenvalue weighted by molar-refractivity contribution is 5.87. The van der Waals surface area contributed by atoms with Gasteiger partial charge in [0.2, 0.25) is 11.8 Å². The van der Waals surface area contributed by atoms with Crippen LogP contribution in [0.2, 0.25) is 0 Å². The van der Waals surface area contributed by atoms with Gasteiger partial charge in [-0.1, -0.05) is 38.8 Å². The van der Waals surface area contributed by atoms with Crippen LogP contribution in [0.4, 0.5) is 4.39 Å². The predicted molar refractivity (Wildman–Crippen MR) is 93.9 cm³/mol. The van der Waals surface area contributed by atoms with Gasteiger partial charge in [0.05, 0.1) is 0 Å². The number of hydrogen-bond acceptors (Lipinski definition) is 2. The molecule has 0 bridgehead atoms. The highest BCUT2D eigenvalue weighted by Crippen LogP contribution is 2.12. The van der Waals surface area contributed by atoms with Crippen LogP contribution in [0.5, 0.6) is 0 Å². The Morgan fingerprint density at radius 2 is 1.79 bits per heavy atom. The van der Waals surface area contributed by atoms with Crippen LogP contribution in [0.1, 0.15) is 58.4 Å².